The first-order valence-corrected chi connectivity index (χ1v) is 5.92. The number of ether oxygens (including phenoxy) is 1. The number of benzene rings is 1. The molecule has 2 rings (SSSR count). The Morgan fingerprint density at radius 2 is 2.17 bits per heavy atom. The van der Waals surface area contributed by atoms with E-state index in [0.29, 0.717) is 22.0 Å². The first-order valence-electron chi connectivity index (χ1n) is 4.93. The van der Waals surface area contributed by atoms with Crippen LogP contribution in [0.15, 0.2) is 27.8 Å². The Hall–Kier alpha value is -1.41. The van der Waals surface area contributed by atoms with Gasteiger partial charge in [-0.1, -0.05) is 11.8 Å². The highest BCUT2D eigenvalue weighted by Crippen LogP contribution is 2.25. The van der Waals surface area contributed by atoms with E-state index >= 15 is 0 Å². The second kappa shape index (κ2) is 5.07. The molecule has 0 aliphatic carbocycles. The summed E-state index contributed by atoms with van der Waals surface area (Å²) in [5.41, 5.74) is 7.22. The molecule has 0 bridgehead atoms. The second-order valence-electron chi connectivity index (χ2n) is 3.35. The number of nitrogens with zero attached hydrogens (tertiary/aromatic N) is 1. The van der Waals surface area contributed by atoms with Crippen molar-refractivity contribution < 1.29 is 22.3 Å². The fraction of sp³-hybridized carbons (Fsp3) is 0.300. The van der Waals surface area contributed by atoms with Crippen LogP contribution in [-0.2, 0) is 4.74 Å². The summed E-state index contributed by atoms with van der Waals surface area (Å²) in [6, 6.07) is 4.97. The molecule has 0 radical (unpaired) electrons. The van der Waals surface area contributed by atoms with E-state index in [1.165, 1.54) is 0 Å². The molecule has 0 amide bonds. The van der Waals surface area contributed by atoms with Gasteiger partial charge < -0.3 is 10.2 Å². The molecule has 0 unspecified atom stereocenters. The van der Waals surface area contributed by atoms with Crippen LogP contribution in [0.2, 0.25) is 0 Å². The minimum absolute atomic E-state index is 0.0990. The maximum atomic E-state index is 11.7. The number of nitrogen functional groups attached to an aromatic ring is 1. The Bertz CT molecular complexity index is 541. The van der Waals surface area contributed by atoms with Crippen LogP contribution in [-0.4, -0.2) is 23.7 Å². The lowest BCUT2D eigenvalue weighted by atomic mass is 10.3. The van der Waals surface area contributed by atoms with Crippen LogP contribution < -0.4 is 5.73 Å². The van der Waals surface area contributed by atoms with E-state index in [0.717, 1.165) is 11.8 Å². The van der Waals surface area contributed by atoms with Crippen molar-refractivity contribution in [3.8, 4) is 0 Å². The summed E-state index contributed by atoms with van der Waals surface area (Å²) in [5, 5.41) is 0.293. The van der Waals surface area contributed by atoms with Crippen molar-refractivity contribution in [2.75, 3.05) is 18.1 Å². The van der Waals surface area contributed by atoms with Crippen LogP contribution >= 0.6 is 11.8 Å². The Kier molecular flexibility index (Phi) is 3.67. The largest absolute Gasteiger partial charge is 0.522 e. The monoisotopic (exact) mass is 278 g/mol. The van der Waals surface area contributed by atoms with E-state index in [-0.39, 0.29) is 5.75 Å². The van der Waals surface area contributed by atoms with Gasteiger partial charge in [-0.15, -0.1) is 13.2 Å². The highest BCUT2D eigenvalue weighted by Gasteiger charge is 2.28. The molecule has 0 saturated heterocycles. The Labute approximate surface area is 104 Å². The summed E-state index contributed by atoms with van der Waals surface area (Å²) >= 11 is 1.05. The average molecular weight is 278 g/mol. The summed E-state index contributed by atoms with van der Waals surface area (Å²) < 4.78 is 44.1. The number of nitrogens with two attached hydrogens (primary N) is 1. The van der Waals surface area contributed by atoms with Crippen molar-refractivity contribution in [2.24, 2.45) is 0 Å². The van der Waals surface area contributed by atoms with Crippen LogP contribution in [0.4, 0.5) is 18.9 Å². The van der Waals surface area contributed by atoms with Gasteiger partial charge in [0.2, 0.25) is 0 Å². The van der Waals surface area contributed by atoms with Gasteiger partial charge in [0.1, 0.15) is 5.52 Å². The first kappa shape index (κ1) is 13.0. The molecule has 1 aromatic heterocycles. The normalized spacial score (nSPS) is 12.2. The molecule has 4 nitrogen and oxygen atoms in total. The van der Waals surface area contributed by atoms with Gasteiger partial charge in [0.25, 0.3) is 5.22 Å². The van der Waals surface area contributed by atoms with Crippen molar-refractivity contribution in [3.05, 3.63) is 18.2 Å². The predicted molar refractivity (Wildman–Crippen MR) is 61.2 cm³/mol. The summed E-state index contributed by atoms with van der Waals surface area (Å²) in [5.74, 6) is 0.0990. The third kappa shape index (κ3) is 3.54. The minimum atomic E-state index is -4.60. The number of rotatable bonds is 4. The first-order chi connectivity index (χ1) is 8.44. The molecule has 2 N–H and O–H groups in total. The Morgan fingerprint density at radius 1 is 1.39 bits per heavy atom. The van der Waals surface area contributed by atoms with Gasteiger partial charge >= 0.3 is 6.36 Å². The highest BCUT2D eigenvalue weighted by molar-refractivity contribution is 7.99. The minimum Gasteiger partial charge on any atom is -0.431 e. The third-order valence-corrected chi connectivity index (χ3v) is 2.76. The van der Waals surface area contributed by atoms with Crippen LogP contribution in [0, 0.1) is 0 Å². The number of fused-ring (bicyclic) bond motifs is 1. The molecule has 18 heavy (non-hydrogen) atoms. The Morgan fingerprint density at radius 3 is 2.89 bits per heavy atom. The summed E-state index contributed by atoms with van der Waals surface area (Å²) in [4.78, 5) is 4.09. The molecular formula is C10H9F3N2O2S. The molecule has 1 heterocycles. The molecule has 0 spiro atoms. The zero-order valence-electron chi connectivity index (χ0n) is 9.03. The number of thioether (sulfide) groups is 1. The molecule has 8 heteroatoms. The maximum absolute atomic E-state index is 11.7. The molecule has 1 aromatic carbocycles. The fourth-order valence-corrected chi connectivity index (χ4v) is 1.92. The lowest BCUT2D eigenvalue weighted by Gasteiger charge is -2.05. The number of oxazole rings is 1. The van der Waals surface area contributed by atoms with E-state index in [1.54, 1.807) is 18.2 Å². The average Bonchev–Trinajstić information content (AvgIpc) is 2.65. The molecule has 0 aliphatic heterocycles. The van der Waals surface area contributed by atoms with E-state index in [9.17, 15) is 13.2 Å². The number of hydrogen-bond donors (Lipinski definition) is 1. The third-order valence-electron chi connectivity index (χ3n) is 1.97. The standard InChI is InChI=1S/C10H9F3N2O2S/c11-10(12,13)16-3-4-18-9-15-7-2-1-6(14)5-8(7)17-9/h1-2,5H,3-4,14H2. The topological polar surface area (TPSA) is 61.3 Å². The SMILES string of the molecule is Nc1ccc2nc(SCCOC(F)(F)F)oc2c1. The number of hydrogen-bond acceptors (Lipinski definition) is 5. The molecule has 98 valence electrons. The van der Waals surface area contributed by atoms with Crippen molar-refractivity contribution in [1.29, 1.82) is 0 Å². The van der Waals surface area contributed by atoms with Crippen molar-refractivity contribution in [1.82, 2.24) is 4.98 Å². The summed E-state index contributed by atoms with van der Waals surface area (Å²) in [6.07, 6.45) is -4.60. The summed E-state index contributed by atoms with van der Waals surface area (Å²) in [7, 11) is 0. The smallest absolute Gasteiger partial charge is 0.431 e. The molecule has 0 fully saturated rings. The van der Waals surface area contributed by atoms with E-state index in [2.05, 4.69) is 9.72 Å². The lowest BCUT2D eigenvalue weighted by Crippen LogP contribution is -2.15. The van der Waals surface area contributed by atoms with Gasteiger partial charge in [0, 0.05) is 17.5 Å². The van der Waals surface area contributed by atoms with Gasteiger partial charge in [0.15, 0.2) is 5.58 Å². The van der Waals surface area contributed by atoms with Crippen molar-refractivity contribution in [3.63, 3.8) is 0 Å². The number of halogens is 3. The second-order valence-corrected chi connectivity index (χ2v) is 4.40. The van der Waals surface area contributed by atoms with Crippen LogP contribution in [0.25, 0.3) is 11.1 Å². The van der Waals surface area contributed by atoms with Crippen LogP contribution in [0.3, 0.4) is 0 Å². The fourth-order valence-electron chi connectivity index (χ4n) is 1.27. The maximum Gasteiger partial charge on any atom is 0.522 e. The van der Waals surface area contributed by atoms with E-state index in [4.69, 9.17) is 10.2 Å². The van der Waals surface area contributed by atoms with Crippen molar-refractivity contribution in [2.45, 2.75) is 11.6 Å². The Balaban J connectivity index is 1.92. The summed E-state index contributed by atoms with van der Waals surface area (Å²) in [6.45, 7) is -0.449. The lowest BCUT2D eigenvalue weighted by molar-refractivity contribution is -0.322. The zero-order valence-corrected chi connectivity index (χ0v) is 9.85. The van der Waals surface area contributed by atoms with Gasteiger partial charge in [-0.2, -0.15) is 0 Å². The van der Waals surface area contributed by atoms with Gasteiger partial charge in [-0.3, -0.25) is 4.74 Å². The zero-order chi connectivity index (χ0) is 13.2. The van der Waals surface area contributed by atoms with Gasteiger partial charge in [0.05, 0.1) is 6.61 Å². The van der Waals surface area contributed by atoms with Crippen molar-refractivity contribution >= 4 is 28.5 Å². The van der Waals surface area contributed by atoms with E-state index in [1.807, 2.05) is 0 Å². The molecule has 0 atom stereocenters. The number of aromatic nitrogens is 1. The quantitative estimate of drug-likeness (QED) is 0.529. The molecule has 0 aliphatic rings. The van der Waals surface area contributed by atoms with E-state index < -0.39 is 13.0 Å². The predicted octanol–water partition coefficient (Wildman–Crippen LogP) is 3.04. The molecular weight excluding hydrogens is 269 g/mol. The number of alkyl halides is 3. The van der Waals surface area contributed by atoms with Crippen LogP contribution in [0.1, 0.15) is 0 Å². The van der Waals surface area contributed by atoms with Gasteiger partial charge in [-0.25, -0.2) is 4.98 Å². The number of anilines is 1. The van der Waals surface area contributed by atoms with Gasteiger partial charge in [-0.05, 0) is 12.1 Å². The molecule has 0 saturated carbocycles. The highest BCUT2D eigenvalue weighted by atomic mass is 32.2. The van der Waals surface area contributed by atoms with Crippen LogP contribution in [0.5, 0.6) is 0 Å². The molecule has 2 aromatic rings.